The summed E-state index contributed by atoms with van der Waals surface area (Å²) in [6, 6.07) is 22.5. The van der Waals surface area contributed by atoms with Gasteiger partial charge >= 0.3 is 0 Å². The predicted octanol–water partition coefficient (Wildman–Crippen LogP) is 6.09. The van der Waals surface area contributed by atoms with E-state index in [1.807, 2.05) is 67.6 Å². The summed E-state index contributed by atoms with van der Waals surface area (Å²) in [5.74, 6) is 0.476. The van der Waals surface area contributed by atoms with Gasteiger partial charge in [-0.1, -0.05) is 42.5 Å². The van der Waals surface area contributed by atoms with Crippen LogP contribution in [0.1, 0.15) is 46.8 Å². The summed E-state index contributed by atoms with van der Waals surface area (Å²) in [6.07, 6.45) is 5.34. The number of carbonyl (C=O) groups excluding carboxylic acids is 1. The molecule has 2 aliphatic rings. The SMILES string of the molecule is CCN(C(=O)c1ccc2c(c1)C1C=CCC1C(c1ccc([N+](=O)[O-])cc1)N2)c1ccccc1. The average Bonchev–Trinajstić information content (AvgIpc) is 3.35. The van der Waals surface area contributed by atoms with Crippen molar-refractivity contribution in [2.45, 2.75) is 25.3 Å². The van der Waals surface area contributed by atoms with Crippen LogP contribution >= 0.6 is 0 Å². The van der Waals surface area contributed by atoms with Crippen molar-refractivity contribution in [3.8, 4) is 0 Å². The molecular weight excluding hydrogens is 414 g/mol. The molecular formula is C27H25N3O3. The van der Waals surface area contributed by atoms with Gasteiger partial charge in [-0.05, 0) is 60.7 Å². The molecule has 6 nitrogen and oxygen atoms in total. The predicted molar refractivity (Wildman–Crippen MR) is 130 cm³/mol. The van der Waals surface area contributed by atoms with Gasteiger partial charge in [0.25, 0.3) is 11.6 Å². The second-order valence-corrected chi connectivity index (χ2v) is 8.51. The summed E-state index contributed by atoms with van der Waals surface area (Å²) in [5.41, 5.74) is 4.82. The van der Waals surface area contributed by atoms with Crippen molar-refractivity contribution in [1.82, 2.24) is 0 Å². The minimum atomic E-state index is -0.374. The quantitative estimate of drug-likeness (QED) is 0.297. The van der Waals surface area contributed by atoms with E-state index in [2.05, 4.69) is 17.5 Å². The Labute approximate surface area is 192 Å². The van der Waals surface area contributed by atoms with Crippen LogP contribution < -0.4 is 10.2 Å². The number of nitro benzene ring substituents is 1. The molecule has 1 aliphatic heterocycles. The standard InChI is InChI=1S/C27H25N3O3/c1-2-29(20-7-4-3-5-8-20)27(31)19-13-16-25-24(17-19)22-9-6-10-23(22)26(28-25)18-11-14-21(15-12-18)30(32)33/h3-9,11-17,22-23,26,28H,2,10H2,1H3. The lowest BCUT2D eigenvalue weighted by Crippen LogP contribution is -2.32. The highest BCUT2D eigenvalue weighted by atomic mass is 16.6. The zero-order valence-electron chi connectivity index (χ0n) is 18.3. The zero-order valence-corrected chi connectivity index (χ0v) is 18.3. The van der Waals surface area contributed by atoms with Gasteiger partial charge in [0.2, 0.25) is 0 Å². The van der Waals surface area contributed by atoms with Crippen molar-refractivity contribution in [3.05, 3.63) is 112 Å². The Hall–Kier alpha value is -3.93. The van der Waals surface area contributed by atoms with Crippen molar-refractivity contribution in [2.75, 3.05) is 16.8 Å². The van der Waals surface area contributed by atoms with Crippen LogP contribution in [0.2, 0.25) is 0 Å². The number of benzene rings is 3. The first-order valence-electron chi connectivity index (χ1n) is 11.2. The van der Waals surface area contributed by atoms with Gasteiger partial charge < -0.3 is 10.2 Å². The van der Waals surface area contributed by atoms with E-state index in [9.17, 15) is 14.9 Å². The van der Waals surface area contributed by atoms with E-state index in [4.69, 9.17) is 0 Å². The van der Waals surface area contributed by atoms with Gasteiger partial charge in [0.05, 0.1) is 11.0 Å². The Bertz CT molecular complexity index is 1220. The number of allylic oxidation sites excluding steroid dienone is 2. The van der Waals surface area contributed by atoms with E-state index in [0.29, 0.717) is 18.0 Å². The molecule has 166 valence electrons. The fraction of sp³-hybridized carbons (Fsp3) is 0.222. The van der Waals surface area contributed by atoms with Gasteiger partial charge in [-0.25, -0.2) is 0 Å². The van der Waals surface area contributed by atoms with Crippen LogP contribution in [0.5, 0.6) is 0 Å². The number of non-ortho nitro benzene ring substituents is 1. The summed E-state index contributed by atoms with van der Waals surface area (Å²) in [5, 5.41) is 14.7. The Kier molecular flexibility index (Phi) is 5.42. The zero-order chi connectivity index (χ0) is 22.9. The van der Waals surface area contributed by atoms with E-state index in [0.717, 1.165) is 28.9 Å². The Balaban J connectivity index is 1.46. The number of amides is 1. The first-order valence-corrected chi connectivity index (χ1v) is 11.2. The number of fused-ring (bicyclic) bond motifs is 3. The molecule has 1 aliphatic carbocycles. The molecule has 0 saturated heterocycles. The number of carbonyl (C=O) groups is 1. The average molecular weight is 440 g/mol. The van der Waals surface area contributed by atoms with E-state index in [1.54, 1.807) is 17.0 Å². The van der Waals surface area contributed by atoms with E-state index in [1.165, 1.54) is 0 Å². The van der Waals surface area contributed by atoms with Crippen molar-refractivity contribution in [1.29, 1.82) is 0 Å². The number of nitrogens with zero attached hydrogens (tertiary/aromatic N) is 2. The molecule has 3 aromatic carbocycles. The Morgan fingerprint density at radius 1 is 1.09 bits per heavy atom. The second kappa shape index (κ2) is 8.54. The lowest BCUT2D eigenvalue weighted by molar-refractivity contribution is -0.384. The molecule has 5 rings (SSSR count). The Morgan fingerprint density at radius 3 is 2.55 bits per heavy atom. The fourth-order valence-electron chi connectivity index (χ4n) is 5.07. The van der Waals surface area contributed by atoms with Gasteiger partial charge in [0.15, 0.2) is 0 Å². The number of nitrogens with one attached hydrogen (secondary N) is 1. The highest BCUT2D eigenvalue weighted by molar-refractivity contribution is 6.06. The monoisotopic (exact) mass is 439 g/mol. The maximum atomic E-state index is 13.4. The highest BCUT2D eigenvalue weighted by Gasteiger charge is 2.38. The lowest BCUT2D eigenvalue weighted by Gasteiger charge is -2.37. The first-order chi connectivity index (χ1) is 16.1. The summed E-state index contributed by atoms with van der Waals surface area (Å²) >= 11 is 0. The van der Waals surface area contributed by atoms with Crippen molar-refractivity contribution < 1.29 is 9.72 Å². The Morgan fingerprint density at radius 2 is 1.85 bits per heavy atom. The van der Waals surface area contributed by atoms with Gasteiger partial charge in [0, 0.05) is 41.5 Å². The number of para-hydroxylation sites is 1. The van der Waals surface area contributed by atoms with Crippen LogP contribution in [-0.2, 0) is 0 Å². The van der Waals surface area contributed by atoms with Crippen molar-refractivity contribution in [3.63, 3.8) is 0 Å². The summed E-state index contributed by atoms with van der Waals surface area (Å²) in [6.45, 7) is 2.57. The summed E-state index contributed by atoms with van der Waals surface area (Å²) in [7, 11) is 0. The molecule has 6 heteroatoms. The van der Waals surface area contributed by atoms with Crippen LogP contribution in [0.25, 0.3) is 0 Å². The van der Waals surface area contributed by atoms with Crippen LogP contribution in [0.15, 0.2) is 84.9 Å². The second-order valence-electron chi connectivity index (χ2n) is 8.51. The first kappa shape index (κ1) is 20.9. The normalized spacial score (nSPS) is 20.5. The molecule has 0 fully saturated rings. The van der Waals surface area contributed by atoms with Gasteiger partial charge in [0.1, 0.15) is 0 Å². The van der Waals surface area contributed by atoms with Gasteiger partial charge in [-0.15, -0.1) is 0 Å². The molecule has 0 saturated carbocycles. The maximum Gasteiger partial charge on any atom is 0.269 e. The molecule has 0 radical (unpaired) electrons. The van der Waals surface area contributed by atoms with E-state index >= 15 is 0 Å². The van der Waals surface area contributed by atoms with Crippen molar-refractivity contribution >= 4 is 23.0 Å². The topological polar surface area (TPSA) is 75.5 Å². The fourth-order valence-corrected chi connectivity index (χ4v) is 5.07. The number of hydrogen-bond acceptors (Lipinski definition) is 4. The molecule has 1 amide bonds. The molecule has 1 heterocycles. The van der Waals surface area contributed by atoms with Crippen LogP contribution in [0, 0.1) is 16.0 Å². The number of anilines is 2. The summed E-state index contributed by atoms with van der Waals surface area (Å²) < 4.78 is 0. The molecule has 1 N–H and O–H groups in total. The molecule has 33 heavy (non-hydrogen) atoms. The number of hydrogen-bond donors (Lipinski definition) is 1. The minimum Gasteiger partial charge on any atom is -0.378 e. The van der Waals surface area contributed by atoms with Crippen LogP contribution in [0.4, 0.5) is 17.1 Å². The lowest BCUT2D eigenvalue weighted by atomic mass is 9.76. The smallest absolute Gasteiger partial charge is 0.269 e. The largest absolute Gasteiger partial charge is 0.378 e. The molecule has 3 unspecified atom stereocenters. The molecule has 0 bridgehead atoms. The third-order valence-electron chi connectivity index (χ3n) is 6.70. The molecule has 0 spiro atoms. The molecule has 0 aromatic heterocycles. The summed E-state index contributed by atoms with van der Waals surface area (Å²) in [4.78, 5) is 25.8. The van der Waals surface area contributed by atoms with E-state index in [-0.39, 0.29) is 28.5 Å². The van der Waals surface area contributed by atoms with Gasteiger partial charge in [-0.2, -0.15) is 0 Å². The minimum absolute atomic E-state index is 0.0116. The van der Waals surface area contributed by atoms with Crippen LogP contribution in [0.3, 0.4) is 0 Å². The number of rotatable bonds is 5. The molecule has 3 atom stereocenters. The van der Waals surface area contributed by atoms with Gasteiger partial charge in [-0.3, -0.25) is 14.9 Å². The highest BCUT2D eigenvalue weighted by Crippen LogP contribution is 2.50. The van der Waals surface area contributed by atoms with Crippen molar-refractivity contribution in [2.24, 2.45) is 5.92 Å². The van der Waals surface area contributed by atoms with E-state index < -0.39 is 0 Å². The third kappa shape index (κ3) is 3.78. The number of nitro groups is 1. The molecule has 3 aromatic rings. The van der Waals surface area contributed by atoms with Crippen LogP contribution in [-0.4, -0.2) is 17.4 Å². The maximum absolute atomic E-state index is 13.4. The third-order valence-corrected chi connectivity index (χ3v) is 6.70.